The summed E-state index contributed by atoms with van der Waals surface area (Å²) in [6.07, 6.45) is 0. The lowest BCUT2D eigenvalue weighted by Gasteiger charge is -2.03. The predicted molar refractivity (Wildman–Crippen MR) is 67.6 cm³/mol. The normalized spacial score (nSPS) is 11.0. The van der Waals surface area contributed by atoms with E-state index in [4.69, 9.17) is 23.2 Å². The van der Waals surface area contributed by atoms with E-state index in [9.17, 15) is 4.79 Å². The maximum atomic E-state index is 11.6. The summed E-state index contributed by atoms with van der Waals surface area (Å²) in [5.41, 5.74) is 1.39. The molecule has 1 heterocycles. The van der Waals surface area contributed by atoms with Gasteiger partial charge in [-0.05, 0) is 19.9 Å². The van der Waals surface area contributed by atoms with Crippen molar-refractivity contribution in [2.45, 2.75) is 20.4 Å². The fourth-order valence-corrected chi connectivity index (χ4v) is 2.68. The molecule has 0 bridgehead atoms. The van der Waals surface area contributed by atoms with Gasteiger partial charge >= 0.3 is 0 Å². The standard InChI is InChI=1S/C12H11Cl2NO/c1-3-15-11-8(5-4-6-9(11)13)10(7(2)16)12(15)14/h4-6H,3H2,1-2H3. The highest BCUT2D eigenvalue weighted by atomic mass is 35.5. The molecule has 2 nitrogen and oxygen atoms in total. The quantitative estimate of drug-likeness (QED) is 0.739. The number of fused-ring (bicyclic) bond motifs is 1. The van der Waals surface area contributed by atoms with Gasteiger partial charge < -0.3 is 4.57 Å². The number of hydrogen-bond acceptors (Lipinski definition) is 1. The summed E-state index contributed by atoms with van der Waals surface area (Å²) in [6.45, 7) is 4.17. The van der Waals surface area contributed by atoms with Crippen LogP contribution in [0, 0.1) is 0 Å². The predicted octanol–water partition coefficient (Wildman–Crippen LogP) is 4.17. The molecule has 0 atom stereocenters. The maximum Gasteiger partial charge on any atom is 0.163 e. The van der Waals surface area contributed by atoms with Crippen LogP contribution in [-0.2, 0) is 6.54 Å². The average molecular weight is 256 g/mol. The molecule has 0 aliphatic carbocycles. The number of para-hydroxylation sites is 1. The molecule has 0 radical (unpaired) electrons. The lowest BCUT2D eigenvalue weighted by molar-refractivity contribution is 0.101. The third-order valence-corrected chi connectivity index (χ3v) is 3.34. The summed E-state index contributed by atoms with van der Waals surface area (Å²) in [4.78, 5) is 11.6. The van der Waals surface area contributed by atoms with Crippen molar-refractivity contribution in [1.29, 1.82) is 0 Å². The average Bonchev–Trinajstić information content (AvgIpc) is 2.51. The Kier molecular flexibility index (Phi) is 2.96. The molecule has 0 aliphatic rings. The molecular formula is C12H11Cl2NO. The molecule has 2 aromatic rings. The van der Waals surface area contributed by atoms with E-state index < -0.39 is 0 Å². The first kappa shape index (κ1) is 11.5. The number of benzene rings is 1. The highest BCUT2D eigenvalue weighted by Crippen LogP contribution is 2.34. The monoisotopic (exact) mass is 255 g/mol. The minimum Gasteiger partial charge on any atom is -0.330 e. The minimum absolute atomic E-state index is 0.0375. The minimum atomic E-state index is -0.0375. The zero-order chi connectivity index (χ0) is 11.9. The van der Waals surface area contributed by atoms with E-state index in [0.29, 0.717) is 22.3 Å². The van der Waals surface area contributed by atoms with Crippen LogP contribution < -0.4 is 0 Å². The number of hydrogen-bond donors (Lipinski definition) is 0. The van der Waals surface area contributed by atoms with E-state index in [-0.39, 0.29) is 5.78 Å². The first-order chi connectivity index (χ1) is 7.57. The van der Waals surface area contributed by atoms with Crippen molar-refractivity contribution < 1.29 is 4.79 Å². The van der Waals surface area contributed by atoms with Crippen molar-refractivity contribution in [2.75, 3.05) is 0 Å². The molecule has 16 heavy (non-hydrogen) atoms. The number of halogens is 2. The number of Topliss-reactive ketones (excluding diaryl/α,β-unsaturated/α-hetero) is 1. The Morgan fingerprint density at radius 3 is 2.62 bits per heavy atom. The highest BCUT2D eigenvalue weighted by molar-refractivity contribution is 6.39. The Balaban J connectivity index is 2.98. The second-order valence-electron chi connectivity index (χ2n) is 3.60. The Morgan fingerprint density at radius 2 is 2.06 bits per heavy atom. The summed E-state index contributed by atoms with van der Waals surface area (Å²) >= 11 is 12.3. The second-order valence-corrected chi connectivity index (χ2v) is 4.37. The number of rotatable bonds is 2. The third-order valence-electron chi connectivity index (χ3n) is 2.64. The van der Waals surface area contributed by atoms with Gasteiger partial charge in [0.05, 0.1) is 16.1 Å². The van der Waals surface area contributed by atoms with Crippen LogP contribution >= 0.6 is 23.2 Å². The molecule has 0 amide bonds. The Hall–Kier alpha value is -0.990. The van der Waals surface area contributed by atoms with E-state index in [0.717, 1.165) is 10.9 Å². The van der Waals surface area contributed by atoms with Crippen molar-refractivity contribution in [1.82, 2.24) is 4.57 Å². The van der Waals surface area contributed by atoms with Gasteiger partial charge in [0.15, 0.2) is 5.78 Å². The number of aryl methyl sites for hydroxylation is 1. The lowest BCUT2D eigenvalue weighted by atomic mass is 10.1. The topological polar surface area (TPSA) is 22.0 Å². The Bertz CT molecular complexity index is 572. The van der Waals surface area contributed by atoms with Crippen LogP contribution in [-0.4, -0.2) is 10.4 Å². The summed E-state index contributed by atoms with van der Waals surface area (Å²) in [6, 6.07) is 5.50. The first-order valence-corrected chi connectivity index (χ1v) is 5.80. The fourth-order valence-electron chi connectivity index (χ4n) is 1.97. The summed E-state index contributed by atoms with van der Waals surface area (Å²) in [5, 5.41) is 1.92. The molecule has 2 rings (SSSR count). The fraction of sp³-hybridized carbons (Fsp3) is 0.250. The highest BCUT2D eigenvalue weighted by Gasteiger charge is 2.19. The molecular weight excluding hydrogens is 245 g/mol. The molecule has 0 spiro atoms. The molecule has 0 saturated carbocycles. The number of ketones is 1. The lowest BCUT2D eigenvalue weighted by Crippen LogP contribution is -1.96. The zero-order valence-electron chi connectivity index (χ0n) is 9.05. The van der Waals surface area contributed by atoms with E-state index >= 15 is 0 Å². The van der Waals surface area contributed by atoms with Crippen LogP contribution in [0.2, 0.25) is 10.2 Å². The van der Waals surface area contributed by atoms with E-state index in [1.807, 2.05) is 23.6 Å². The van der Waals surface area contributed by atoms with Crippen molar-refractivity contribution >= 4 is 39.9 Å². The number of carbonyl (C=O) groups excluding carboxylic acids is 1. The van der Waals surface area contributed by atoms with Crippen LogP contribution in [0.3, 0.4) is 0 Å². The van der Waals surface area contributed by atoms with E-state index in [2.05, 4.69) is 0 Å². The largest absolute Gasteiger partial charge is 0.330 e. The van der Waals surface area contributed by atoms with Gasteiger partial charge in [0.25, 0.3) is 0 Å². The van der Waals surface area contributed by atoms with E-state index in [1.54, 1.807) is 6.07 Å². The number of aromatic nitrogens is 1. The molecule has 0 aliphatic heterocycles. The molecule has 0 N–H and O–H groups in total. The van der Waals surface area contributed by atoms with Gasteiger partial charge in [-0.25, -0.2) is 0 Å². The molecule has 1 aromatic heterocycles. The maximum absolute atomic E-state index is 11.6. The molecule has 84 valence electrons. The van der Waals surface area contributed by atoms with Crippen LogP contribution in [0.15, 0.2) is 18.2 Å². The molecule has 4 heteroatoms. The number of carbonyl (C=O) groups is 1. The SMILES string of the molecule is CCn1c(Cl)c(C(C)=O)c2cccc(Cl)c21. The number of nitrogens with zero attached hydrogens (tertiary/aromatic N) is 1. The van der Waals surface area contributed by atoms with Gasteiger partial charge in [-0.1, -0.05) is 35.3 Å². The summed E-state index contributed by atoms with van der Waals surface area (Å²) in [5.74, 6) is -0.0375. The van der Waals surface area contributed by atoms with Gasteiger partial charge in [-0.3, -0.25) is 4.79 Å². The first-order valence-electron chi connectivity index (χ1n) is 5.05. The van der Waals surface area contributed by atoms with Crippen LogP contribution in [0.1, 0.15) is 24.2 Å². The third kappa shape index (κ3) is 1.53. The van der Waals surface area contributed by atoms with Crippen molar-refractivity contribution in [3.8, 4) is 0 Å². The molecule has 0 fully saturated rings. The van der Waals surface area contributed by atoms with Crippen LogP contribution in [0.5, 0.6) is 0 Å². The van der Waals surface area contributed by atoms with Gasteiger partial charge in [-0.15, -0.1) is 0 Å². The molecule has 0 saturated heterocycles. The van der Waals surface area contributed by atoms with Gasteiger partial charge in [0, 0.05) is 11.9 Å². The van der Waals surface area contributed by atoms with Crippen molar-refractivity contribution in [3.05, 3.63) is 33.9 Å². The van der Waals surface area contributed by atoms with Crippen LogP contribution in [0.25, 0.3) is 10.9 Å². The van der Waals surface area contributed by atoms with Crippen LogP contribution in [0.4, 0.5) is 0 Å². The summed E-state index contributed by atoms with van der Waals surface area (Å²) in [7, 11) is 0. The van der Waals surface area contributed by atoms with Gasteiger partial charge in [-0.2, -0.15) is 0 Å². The zero-order valence-corrected chi connectivity index (χ0v) is 10.6. The van der Waals surface area contributed by atoms with E-state index in [1.165, 1.54) is 6.92 Å². The Morgan fingerprint density at radius 1 is 1.38 bits per heavy atom. The van der Waals surface area contributed by atoms with Crippen molar-refractivity contribution in [3.63, 3.8) is 0 Å². The van der Waals surface area contributed by atoms with Gasteiger partial charge in [0.1, 0.15) is 5.15 Å². The smallest absolute Gasteiger partial charge is 0.163 e. The molecule has 1 aromatic carbocycles. The van der Waals surface area contributed by atoms with Crippen molar-refractivity contribution in [2.24, 2.45) is 0 Å². The summed E-state index contributed by atoms with van der Waals surface area (Å²) < 4.78 is 1.86. The second kappa shape index (κ2) is 4.11. The van der Waals surface area contributed by atoms with Gasteiger partial charge in [0.2, 0.25) is 0 Å². The molecule has 0 unspecified atom stereocenters. The Labute approximate surface area is 104 Å².